The van der Waals surface area contributed by atoms with E-state index in [-0.39, 0.29) is 12.5 Å². The molecule has 112 valence electrons. The fourth-order valence-corrected chi connectivity index (χ4v) is 1.46. The number of ether oxygens (including phenoxy) is 2. The van der Waals surface area contributed by atoms with Crippen molar-refractivity contribution in [3.05, 3.63) is 42.5 Å². The van der Waals surface area contributed by atoms with Gasteiger partial charge in [-0.15, -0.1) is 6.58 Å². The average Bonchev–Trinajstić information content (AvgIpc) is 2.48. The lowest BCUT2D eigenvalue weighted by molar-refractivity contribution is -0.120. The van der Waals surface area contributed by atoms with E-state index in [1.165, 1.54) is 13.2 Å². The third kappa shape index (κ3) is 5.82. The highest BCUT2D eigenvalue weighted by molar-refractivity contribution is 5.91. The Balaban J connectivity index is 2.77. The van der Waals surface area contributed by atoms with Crippen molar-refractivity contribution < 1.29 is 19.1 Å². The van der Waals surface area contributed by atoms with Crippen LogP contribution in [0.1, 0.15) is 5.56 Å². The number of primary amides is 1. The Bertz CT molecular complexity index is 553. The number of carbonyl (C=O) groups is 2. The van der Waals surface area contributed by atoms with E-state index in [2.05, 4.69) is 11.9 Å². The lowest BCUT2D eigenvalue weighted by Crippen LogP contribution is -2.20. The molecule has 0 aliphatic rings. The Labute approximate surface area is 123 Å². The highest BCUT2D eigenvalue weighted by atomic mass is 16.5. The van der Waals surface area contributed by atoms with Crippen LogP contribution < -0.4 is 20.5 Å². The summed E-state index contributed by atoms with van der Waals surface area (Å²) in [5.74, 6) is 0.0669. The normalized spacial score (nSPS) is 10.1. The van der Waals surface area contributed by atoms with Gasteiger partial charge in [0.25, 0.3) is 5.91 Å². The number of benzene rings is 1. The molecule has 0 bridgehead atoms. The highest BCUT2D eigenvalue weighted by Gasteiger charge is 2.06. The van der Waals surface area contributed by atoms with Crippen LogP contribution in [0.25, 0.3) is 6.08 Å². The Morgan fingerprint density at radius 3 is 2.76 bits per heavy atom. The monoisotopic (exact) mass is 290 g/mol. The molecule has 0 aromatic heterocycles. The molecule has 0 saturated carbocycles. The van der Waals surface area contributed by atoms with E-state index in [1.54, 1.807) is 30.4 Å². The summed E-state index contributed by atoms with van der Waals surface area (Å²) in [5.41, 5.74) is 5.77. The molecule has 21 heavy (non-hydrogen) atoms. The van der Waals surface area contributed by atoms with Gasteiger partial charge in [-0.05, 0) is 23.8 Å². The van der Waals surface area contributed by atoms with Crippen LogP contribution in [0.5, 0.6) is 11.5 Å². The zero-order chi connectivity index (χ0) is 15.7. The Morgan fingerprint density at radius 2 is 2.14 bits per heavy atom. The van der Waals surface area contributed by atoms with E-state index in [1.807, 2.05) is 0 Å². The maximum absolute atomic E-state index is 11.4. The third-order valence-electron chi connectivity index (χ3n) is 2.41. The summed E-state index contributed by atoms with van der Waals surface area (Å²) in [6, 6.07) is 5.06. The first-order valence-electron chi connectivity index (χ1n) is 6.22. The van der Waals surface area contributed by atoms with Crippen LogP contribution in [-0.2, 0) is 9.59 Å². The quantitative estimate of drug-likeness (QED) is 0.549. The van der Waals surface area contributed by atoms with Gasteiger partial charge in [0.2, 0.25) is 5.91 Å². The molecule has 0 aliphatic carbocycles. The van der Waals surface area contributed by atoms with Gasteiger partial charge in [-0.2, -0.15) is 0 Å². The fourth-order valence-electron chi connectivity index (χ4n) is 1.46. The molecule has 1 rings (SSSR count). The molecule has 0 fully saturated rings. The van der Waals surface area contributed by atoms with Gasteiger partial charge >= 0.3 is 0 Å². The number of nitrogens with two attached hydrogens (primary N) is 1. The maximum Gasteiger partial charge on any atom is 0.255 e. The molecule has 0 atom stereocenters. The molecule has 0 saturated heterocycles. The Kier molecular flexibility index (Phi) is 6.53. The predicted octanol–water partition coefficient (Wildman–Crippen LogP) is 0.875. The van der Waals surface area contributed by atoms with Crippen molar-refractivity contribution in [2.24, 2.45) is 5.73 Å². The summed E-state index contributed by atoms with van der Waals surface area (Å²) in [6.07, 6.45) is 4.64. The average molecular weight is 290 g/mol. The standard InChI is InChI=1S/C15H18N2O4/c1-3-8-17-15(19)7-5-11-4-6-12(13(9-11)20-2)21-10-14(16)18/h3-7,9H,1,8,10H2,2H3,(H2,16,18)(H,17,19)/b7-5+. The first kappa shape index (κ1) is 16.3. The van der Waals surface area contributed by atoms with Gasteiger partial charge in [-0.25, -0.2) is 0 Å². The van der Waals surface area contributed by atoms with Gasteiger partial charge in [0.15, 0.2) is 18.1 Å². The van der Waals surface area contributed by atoms with Crippen molar-refractivity contribution in [1.82, 2.24) is 5.32 Å². The number of hydrogen-bond acceptors (Lipinski definition) is 4. The van der Waals surface area contributed by atoms with Crippen molar-refractivity contribution in [3.63, 3.8) is 0 Å². The summed E-state index contributed by atoms with van der Waals surface area (Å²) in [5, 5.41) is 2.62. The molecule has 0 spiro atoms. The molecule has 2 amide bonds. The molecule has 0 radical (unpaired) electrons. The van der Waals surface area contributed by atoms with E-state index in [9.17, 15) is 9.59 Å². The third-order valence-corrected chi connectivity index (χ3v) is 2.41. The van der Waals surface area contributed by atoms with Gasteiger partial charge in [0.1, 0.15) is 0 Å². The second-order valence-corrected chi connectivity index (χ2v) is 4.03. The van der Waals surface area contributed by atoms with Crippen LogP contribution in [-0.4, -0.2) is 32.1 Å². The molecule has 1 aromatic carbocycles. The molecule has 1 aromatic rings. The minimum Gasteiger partial charge on any atom is -0.493 e. The molecule has 0 unspecified atom stereocenters. The second kappa shape index (κ2) is 8.42. The van der Waals surface area contributed by atoms with Crippen LogP contribution in [0.2, 0.25) is 0 Å². The summed E-state index contributed by atoms with van der Waals surface area (Å²) < 4.78 is 10.4. The Hall–Kier alpha value is -2.76. The zero-order valence-corrected chi connectivity index (χ0v) is 11.8. The van der Waals surface area contributed by atoms with Gasteiger partial charge in [0.05, 0.1) is 7.11 Å². The molecule has 0 heterocycles. The van der Waals surface area contributed by atoms with E-state index >= 15 is 0 Å². The van der Waals surface area contributed by atoms with Crippen molar-refractivity contribution in [3.8, 4) is 11.5 Å². The van der Waals surface area contributed by atoms with E-state index in [0.717, 1.165) is 5.56 Å². The highest BCUT2D eigenvalue weighted by Crippen LogP contribution is 2.28. The lowest BCUT2D eigenvalue weighted by Gasteiger charge is -2.09. The van der Waals surface area contributed by atoms with Crippen molar-refractivity contribution >= 4 is 17.9 Å². The maximum atomic E-state index is 11.4. The summed E-state index contributed by atoms with van der Waals surface area (Å²) in [4.78, 5) is 22.1. The van der Waals surface area contributed by atoms with Crippen LogP contribution >= 0.6 is 0 Å². The largest absolute Gasteiger partial charge is 0.493 e. The van der Waals surface area contributed by atoms with Gasteiger partial charge in [-0.1, -0.05) is 12.1 Å². The molecule has 3 N–H and O–H groups in total. The lowest BCUT2D eigenvalue weighted by atomic mass is 10.2. The molecule has 6 heteroatoms. The number of nitrogens with one attached hydrogen (secondary N) is 1. The fraction of sp³-hybridized carbons (Fsp3) is 0.200. The van der Waals surface area contributed by atoms with Gasteiger partial charge in [-0.3, -0.25) is 9.59 Å². The summed E-state index contributed by atoms with van der Waals surface area (Å²) in [6.45, 7) is 3.69. The number of carbonyl (C=O) groups excluding carboxylic acids is 2. The first-order chi connectivity index (χ1) is 10.1. The molecule has 0 aliphatic heterocycles. The predicted molar refractivity (Wildman–Crippen MR) is 79.9 cm³/mol. The number of hydrogen-bond donors (Lipinski definition) is 2. The smallest absolute Gasteiger partial charge is 0.255 e. The molecular formula is C15H18N2O4. The number of amides is 2. The SMILES string of the molecule is C=CCNC(=O)/C=C/c1ccc(OCC(N)=O)c(OC)c1. The van der Waals surface area contributed by atoms with Crippen LogP contribution in [0.15, 0.2) is 36.9 Å². The Morgan fingerprint density at radius 1 is 1.38 bits per heavy atom. The number of rotatable bonds is 8. The van der Waals surface area contributed by atoms with Gasteiger partial charge in [0, 0.05) is 12.6 Å². The first-order valence-corrected chi connectivity index (χ1v) is 6.22. The molecule has 6 nitrogen and oxygen atoms in total. The summed E-state index contributed by atoms with van der Waals surface area (Å²) >= 11 is 0. The number of methoxy groups -OCH3 is 1. The minimum atomic E-state index is -0.570. The van der Waals surface area contributed by atoms with Crippen molar-refractivity contribution in [2.45, 2.75) is 0 Å². The molecular weight excluding hydrogens is 272 g/mol. The van der Waals surface area contributed by atoms with E-state index in [4.69, 9.17) is 15.2 Å². The van der Waals surface area contributed by atoms with E-state index in [0.29, 0.717) is 18.0 Å². The van der Waals surface area contributed by atoms with Crippen molar-refractivity contribution in [1.29, 1.82) is 0 Å². The zero-order valence-electron chi connectivity index (χ0n) is 11.8. The van der Waals surface area contributed by atoms with Crippen LogP contribution in [0.4, 0.5) is 0 Å². The van der Waals surface area contributed by atoms with E-state index < -0.39 is 5.91 Å². The topological polar surface area (TPSA) is 90.6 Å². The second-order valence-electron chi connectivity index (χ2n) is 4.03. The summed E-state index contributed by atoms with van der Waals surface area (Å²) in [7, 11) is 1.48. The van der Waals surface area contributed by atoms with Gasteiger partial charge < -0.3 is 20.5 Å². The minimum absolute atomic E-state index is 0.220. The van der Waals surface area contributed by atoms with Crippen LogP contribution in [0.3, 0.4) is 0 Å². The van der Waals surface area contributed by atoms with Crippen molar-refractivity contribution in [2.75, 3.05) is 20.3 Å². The van der Waals surface area contributed by atoms with Crippen LogP contribution in [0, 0.1) is 0 Å².